The molecule has 0 aliphatic rings. The number of rotatable bonds is 8. The fourth-order valence-corrected chi connectivity index (χ4v) is 1.34. The maximum atomic E-state index is 11.8. The van der Waals surface area contributed by atoms with Gasteiger partial charge in [0.15, 0.2) is 0 Å². The number of likely N-dealkylation sites (N-methyl/N-ethyl adjacent to an activating group) is 2. The van der Waals surface area contributed by atoms with Crippen molar-refractivity contribution in [3.63, 3.8) is 0 Å². The standard InChI is InChI=1S/C12H23N3O4/c1-4-15(9-10(16)14(2)3)12(19)13-8-6-5-7-11(17)18/h4-9H2,1-3H3,(H,13,19)(H,17,18). The highest BCUT2D eigenvalue weighted by molar-refractivity contribution is 5.83. The Morgan fingerprint density at radius 2 is 1.79 bits per heavy atom. The van der Waals surface area contributed by atoms with E-state index in [1.165, 1.54) is 9.80 Å². The zero-order valence-electron chi connectivity index (χ0n) is 11.8. The minimum Gasteiger partial charge on any atom is -0.481 e. The van der Waals surface area contributed by atoms with Crippen LogP contribution >= 0.6 is 0 Å². The Labute approximate surface area is 113 Å². The topological polar surface area (TPSA) is 90.0 Å². The lowest BCUT2D eigenvalue weighted by molar-refractivity contribution is -0.137. The van der Waals surface area contributed by atoms with Gasteiger partial charge in [0.25, 0.3) is 0 Å². The molecule has 7 heteroatoms. The van der Waals surface area contributed by atoms with Crippen LogP contribution in [0.2, 0.25) is 0 Å². The molecule has 0 fully saturated rings. The van der Waals surface area contributed by atoms with Crippen molar-refractivity contribution in [1.82, 2.24) is 15.1 Å². The van der Waals surface area contributed by atoms with E-state index in [1.807, 2.05) is 0 Å². The molecule has 7 nitrogen and oxygen atoms in total. The largest absolute Gasteiger partial charge is 0.481 e. The van der Waals surface area contributed by atoms with Crippen molar-refractivity contribution >= 4 is 17.9 Å². The minimum absolute atomic E-state index is 0.0461. The minimum atomic E-state index is -0.835. The summed E-state index contributed by atoms with van der Waals surface area (Å²) in [5, 5.41) is 11.1. The lowest BCUT2D eigenvalue weighted by Gasteiger charge is -2.22. The Morgan fingerprint density at radius 1 is 1.16 bits per heavy atom. The third-order valence-corrected chi connectivity index (χ3v) is 2.59. The molecule has 0 bridgehead atoms. The van der Waals surface area contributed by atoms with Gasteiger partial charge in [-0.2, -0.15) is 0 Å². The first-order chi connectivity index (χ1) is 8.88. The summed E-state index contributed by atoms with van der Waals surface area (Å²) in [7, 11) is 3.28. The first-order valence-electron chi connectivity index (χ1n) is 6.33. The highest BCUT2D eigenvalue weighted by Gasteiger charge is 2.15. The Bertz CT molecular complexity index is 318. The molecule has 0 spiro atoms. The van der Waals surface area contributed by atoms with E-state index in [2.05, 4.69) is 5.32 Å². The summed E-state index contributed by atoms with van der Waals surface area (Å²) in [5.41, 5.74) is 0. The highest BCUT2D eigenvalue weighted by Crippen LogP contribution is 1.96. The molecule has 0 aliphatic carbocycles. The van der Waals surface area contributed by atoms with Gasteiger partial charge in [0.05, 0.1) is 0 Å². The second-order valence-corrected chi connectivity index (χ2v) is 4.39. The van der Waals surface area contributed by atoms with E-state index in [0.29, 0.717) is 25.9 Å². The Hall–Kier alpha value is -1.79. The third-order valence-electron chi connectivity index (χ3n) is 2.59. The number of hydrogen-bond acceptors (Lipinski definition) is 3. The zero-order chi connectivity index (χ0) is 14.8. The number of amides is 3. The number of carbonyl (C=O) groups is 3. The Morgan fingerprint density at radius 3 is 2.26 bits per heavy atom. The van der Waals surface area contributed by atoms with Crippen LogP contribution in [-0.2, 0) is 9.59 Å². The van der Waals surface area contributed by atoms with Gasteiger partial charge in [-0.3, -0.25) is 9.59 Å². The molecule has 19 heavy (non-hydrogen) atoms. The van der Waals surface area contributed by atoms with Crippen LogP contribution in [0.1, 0.15) is 26.2 Å². The number of unbranched alkanes of at least 4 members (excludes halogenated alkanes) is 1. The lowest BCUT2D eigenvalue weighted by Crippen LogP contribution is -2.45. The third kappa shape index (κ3) is 8.01. The fourth-order valence-electron chi connectivity index (χ4n) is 1.34. The summed E-state index contributed by atoms with van der Waals surface area (Å²) in [6.45, 7) is 2.71. The van der Waals surface area contributed by atoms with E-state index in [-0.39, 0.29) is 24.9 Å². The van der Waals surface area contributed by atoms with E-state index in [4.69, 9.17) is 5.11 Å². The second-order valence-electron chi connectivity index (χ2n) is 4.39. The molecule has 2 N–H and O–H groups in total. The van der Waals surface area contributed by atoms with E-state index in [0.717, 1.165) is 0 Å². The molecule has 0 unspecified atom stereocenters. The van der Waals surface area contributed by atoms with Gasteiger partial charge in [0.2, 0.25) is 5.91 Å². The van der Waals surface area contributed by atoms with Gasteiger partial charge in [-0.15, -0.1) is 0 Å². The van der Waals surface area contributed by atoms with Crippen LogP contribution < -0.4 is 5.32 Å². The van der Waals surface area contributed by atoms with Crippen molar-refractivity contribution in [1.29, 1.82) is 0 Å². The number of carboxylic acid groups (broad SMARTS) is 1. The van der Waals surface area contributed by atoms with Crippen molar-refractivity contribution in [2.45, 2.75) is 26.2 Å². The predicted octanol–water partition coefficient (Wildman–Crippen LogP) is 0.361. The second kappa shape index (κ2) is 9.18. The number of carboxylic acids is 1. The normalized spacial score (nSPS) is 9.84. The quantitative estimate of drug-likeness (QED) is 0.625. The van der Waals surface area contributed by atoms with Crippen molar-refractivity contribution in [2.75, 3.05) is 33.7 Å². The number of urea groups is 1. The Balaban J connectivity index is 3.95. The van der Waals surface area contributed by atoms with Crippen LogP contribution in [0.5, 0.6) is 0 Å². The van der Waals surface area contributed by atoms with Gasteiger partial charge < -0.3 is 20.2 Å². The van der Waals surface area contributed by atoms with Crippen LogP contribution in [-0.4, -0.2) is 66.5 Å². The summed E-state index contributed by atoms with van der Waals surface area (Å²) in [4.78, 5) is 36.4. The van der Waals surface area contributed by atoms with Crippen molar-refractivity contribution in [3.8, 4) is 0 Å². The molecule has 0 aliphatic heterocycles. The maximum absolute atomic E-state index is 11.8. The zero-order valence-corrected chi connectivity index (χ0v) is 11.8. The van der Waals surface area contributed by atoms with Crippen LogP contribution in [0, 0.1) is 0 Å². The molecule has 3 amide bonds. The maximum Gasteiger partial charge on any atom is 0.317 e. The average Bonchev–Trinajstić information content (AvgIpc) is 2.34. The lowest BCUT2D eigenvalue weighted by atomic mass is 10.2. The number of carbonyl (C=O) groups excluding carboxylic acids is 2. The van der Waals surface area contributed by atoms with Gasteiger partial charge in [-0.1, -0.05) is 0 Å². The molecule has 0 radical (unpaired) electrons. The van der Waals surface area contributed by atoms with Crippen molar-refractivity contribution in [2.24, 2.45) is 0 Å². The summed E-state index contributed by atoms with van der Waals surface area (Å²) < 4.78 is 0. The van der Waals surface area contributed by atoms with Gasteiger partial charge in [-0.05, 0) is 19.8 Å². The smallest absolute Gasteiger partial charge is 0.317 e. The van der Waals surface area contributed by atoms with E-state index < -0.39 is 5.97 Å². The predicted molar refractivity (Wildman–Crippen MR) is 70.8 cm³/mol. The van der Waals surface area contributed by atoms with Gasteiger partial charge >= 0.3 is 12.0 Å². The molecular formula is C12H23N3O4. The number of hydrogen-bond donors (Lipinski definition) is 2. The van der Waals surface area contributed by atoms with Crippen LogP contribution in [0.4, 0.5) is 4.79 Å². The molecule has 0 atom stereocenters. The summed E-state index contributed by atoms with van der Waals surface area (Å²) in [6.07, 6.45) is 1.24. The van der Waals surface area contributed by atoms with Crippen LogP contribution in [0.25, 0.3) is 0 Å². The van der Waals surface area contributed by atoms with Crippen LogP contribution in [0.3, 0.4) is 0 Å². The molecule has 0 saturated heterocycles. The highest BCUT2D eigenvalue weighted by atomic mass is 16.4. The molecule has 0 aromatic rings. The van der Waals surface area contributed by atoms with E-state index in [1.54, 1.807) is 21.0 Å². The molecule has 0 rings (SSSR count). The first-order valence-corrected chi connectivity index (χ1v) is 6.33. The molecule has 0 aromatic heterocycles. The molecule has 0 saturated carbocycles. The van der Waals surface area contributed by atoms with E-state index in [9.17, 15) is 14.4 Å². The summed E-state index contributed by atoms with van der Waals surface area (Å²) >= 11 is 0. The van der Waals surface area contributed by atoms with Gasteiger partial charge in [0.1, 0.15) is 6.54 Å². The average molecular weight is 273 g/mol. The number of nitrogens with zero attached hydrogens (tertiary/aromatic N) is 2. The van der Waals surface area contributed by atoms with Crippen molar-refractivity contribution in [3.05, 3.63) is 0 Å². The molecule has 0 aromatic carbocycles. The molecule has 110 valence electrons. The van der Waals surface area contributed by atoms with Crippen LogP contribution in [0.15, 0.2) is 0 Å². The first kappa shape index (κ1) is 17.2. The molecular weight excluding hydrogens is 250 g/mol. The number of nitrogens with one attached hydrogen (secondary N) is 1. The fraction of sp³-hybridized carbons (Fsp3) is 0.750. The monoisotopic (exact) mass is 273 g/mol. The van der Waals surface area contributed by atoms with E-state index >= 15 is 0 Å². The van der Waals surface area contributed by atoms with Gasteiger partial charge in [0, 0.05) is 33.6 Å². The Kier molecular flexibility index (Phi) is 8.32. The molecule has 0 heterocycles. The van der Waals surface area contributed by atoms with Gasteiger partial charge in [-0.25, -0.2) is 4.79 Å². The SMILES string of the molecule is CCN(CC(=O)N(C)C)C(=O)NCCCCC(=O)O. The number of aliphatic carboxylic acids is 1. The summed E-state index contributed by atoms with van der Waals surface area (Å²) in [5.74, 6) is -0.971. The van der Waals surface area contributed by atoms with Crippen molar-refractivity contribution < 1.29 is 19.5 Å². The summed E-state index contributed by atoms with van der Waals surface area (Å²) in [6, 6.07) is -0.298.